The van der Waals surface area contributed by atoms with Gasteiger partial charge in [0.15, 0.2) is 0 Å². The van der Waals surface area contributed by atoms with Gasteiger partial charge in [0.05, 0.1) is 7.11 Å². The maximum atomic E-state index is 6.58. The second-order valence-corrected chi connectivity index (χ2v) is 6.44. The van der Waals surface area contributed by atoms with E-state index in [9.17, 15) is 0 Å². The molecular weight excluding hydrogens is 248 g/mol. The van der Waals surface area contributed by atoms with Crippen molar-refractivity contribution in [2.24, 2.45) is 11.7 Å². The molecule has 0 saturated heterocycles. The Morgan fingerprint density at radius 1 is 1.30 bits per heavy atom. The molecule has 2 N–H and O–H groups in total. The third kappa shape index (κ3) is 2.45. The number of hydrogen-bond donors (Lipinski definition) is 1. The van der Waals surface area contributed by atoms with Crippen molar-refractivity contribution in [1.82, 2.24) is 4.90 Å². The Bertz CT molecular complexity index is 484. The standard InChI is InChI=1S/C17H26N2O/c1-11(12-4-5-12)19(2)16-9-7-13-6-8-14(20-3)10-15(13)17(16)18/h6,8,10-12,16-17H,4-5,7,9,18H2,1-3H3. The summed E-state index contributed by atoms with van der Waals surface area (Å²) in [6.07, 6.45) is 5.06. The number of aryl methyl sites for hydroxylation is 1. The fourth-order valence-corrected chi connectivity index (χ4v) is 3.60. The van der Waals surface area contributed by atoms with E-state index in [2.05, 4.69) is 31.0 Å². The average Bonchev–Trinajstić information content (AvgIpc) is 3.30. The minimum Gasteiger partial charge on any atom is -0.497 e. The number of rotatable bonds is 4. The summed E-state index contributed by atoms with van der Waals surface area (Å²) >= 11 is 0. The third-order valence-corrected chi connectivity index (χ3v) is 5.31. The zero-order chi connectivity index (χ0) is 14.3. The molecule has 0 bridgehead atoms. The normalized spacial score (nSPS) is 27.2. The van der Waals surface area contributed by atoms with Gasteiger partial charge in [0, 0.05) is 18.1 Å². The minimum absolute atomic E-state index is 0.0973. The number of ether oxygens (including phenoxy) is 1. The summed E-state index contributed by atoms with van der Waals surface area (Å²) in [5.74, 6) is 1.80. The fourth-order valence-electron chi connectivity index (χ4n) is 3.60. The van der Waals surface area contributed by atoms with Crippen LogP contribution in [0.5, 0.6) is 5.75 Å². The molecule has 3 rings (SSSR count). The molecule has 1 fully saturated rings. The summed E-state index contributed by atoms with van der Waals surface area (Å²) in [7, 11) is 3.97. The molecule has 0 spiro atoms. The van der Waals surface area contributed by atoms with Crippen molar-refractivity contribution in [2.45, 2.75) is 50.7 Å². The summed E-state index contributed by atoms with van der Waals surface area (Å²) in [6.45, 7) is 2.35. The zero-order valence-corrected chi connectivity index (χ0v) is 12.8. The quantitative estimate of drug-likeness (QED) is 0.917. The topological polar surface area (TPSA) is 38.5 Å². The van der Waals surface area contributed by atoms with E-state index in [4.69, 9.17) is 10.5 Å². The van der Waals surface area contributed by atoms with E-state index in [-0.39, 0.29) is 6.04 Å². The van der Waals surface area contributed by atoms with Gasteiger partial charge in [-0.05, 0) is 68.8 Å². The van der Waals surface area contributed by atoms with Gasteiger partial charge >= 0.3 is 0 Å². The maximum absolute atomic E-state index is 6.58. The highest BCUT2D eigenvalue weighted by atomic mass is 16.5. The molecule has 3 heteroatoms. The molecule has 3 nitrogen and oxygen atoms in total. The van der Waals surface area contributed by atoms with Gasteiger partial charge in [-0.2, -0.15) is 0 Å². The second-order valence-electron chi connectivity index (χ2n) is 6.44. The smallest absolute Gasteiger partial charge is 0.119 e. The molecule has 0 radical (unpaired) electrons. The van der Waals surface area contributed by atoms with Gasteiger partial charge in [0.25, 0.3) is 0 Å². The molecule has 20 heavy (non-hydrogen) atoms. The van der Waals surface area contributed by atoms with Crippen LogP contribution in [0.1, 0.15) is 43.4 Å². The zero-order valence-electron chi connectivity index (χ0n) is 12.8. The van der Waals surface area contributed by atoms with Gasteiger partial charge in [-0.25, -0.2) is 0 Å². The van der Waals surface area contributed by atoms with Gasteiger partial charge in [-0.3, -0.25) is 4.90 Å². The Kier molecular flexibility index (Phi) is 3.74. The van der Waals surface area contributed by atoms with Crippen LogP contribution in [0.25, 0.3) is 0 Å². The first kappa shape index (κ1) is 13.9. The van der Waals surface area contributed by atoms with Crippen molar-refractivity contribution in [3.63, 3.8) is 0 Å². The van der Waals surface area contributed by atoms with E-state index in [1.54, 1.807) is 7.11 Å². The van der Waals surface area contributed by atoms with E-state index in [0.717, 1.165) is 24.5 Å². The Balaban J connectivity index is 1.81. The van der Waals surface area contributed by atoms with E-state index in [0.29, 0.717) is 12.1 Å². The Labute approximate surface area is 122 Å². The van der Waals surface area contributed by atoms with Crippen LogP contribution in [0.4, 0.5) is 0 Å². The van der Waals surface area contributed by atoms with E-state index in [1.165, 1.54) is 24.0 Å². The van der Waals surface area contributed by atoms with Crippen LogP contribution in [0.3, 0.4) is 0 Å². The molecule has 0 aromatic heterocycles. The molecule has 3 atom stereocenters. The van der Waals surface area contributed by atoms with Gasteiger partial charge in [-0.15, -0.1) is 0 Å². The highest BCUT2D eigenvalue weighted by molar-refractivity contribution is 5.40. The van der Waals surface area contributed by atoms with Gasteiger partial charge in [-0.1, -0.05) is 6.07 Å². The summed E-state index contributed by atoms with van der Waals surface area (Å²) in [6, 6.07) is 7.54. The molecule has 3 unspecified atom stereocenters. The Morgan fingerprint density at radius 3 is 2.70 bits per heavy atom. The monoisotopic (exact) mass is 274 g/mol. The van der Waals surface area contributed by atoms with Crippen molar-refractivity contribution >= 4 is 0 Å². The largest absolute Gasteiger partial charge is 0.497 e. The highest BCUT2D eigenvalue weighted by Gasteiger charge is 2.37. The van der Waals surface area contributed by atoms with Crippen molar-refractivity contribution in [2.75, 3.05) is 14.2 Å². The van der Waals surface area contributed by atoms with Gasteiger partial charge < -0.3 is 10.5 Å². The van der Waals surface area contributed by atoms with Crippen LogP contribution in [0.2, 0.25) is 0 Å². The third-order valence-electron chi connectivity index (χ3n) is 5.31. The maximum Gasteiger partial charge on any atom is 0.119 e. The van der Waals surface area contributed by atoms with Crippen molar-refractivity contribution in [3.8, 4) is 5.75 Å². The molecule has 2 aliphatic rings. The lowest BCUT2D eigenvalue weighted by Gasteiger charge is -2.40. The van der Waals surface area contributed by atoms with Gasteiger partial charge in [0.1, 0.15) is 5.75 Å². The van der Waals surface area contributed by atoms with Crippen LogP contribution in [-0.2, 0) is 6.42 Å². The summed E-state index contributed by atoms with van der Waals surface area (Å²) in [5.41, 5.74) is 9.24. The molecular formula is C17H26N2O. The van der Waals surface area contributed by atoms with E-state index in [1.807, 2.05) is 6.07 Å². The summed E-state index contributed by atoms with van der Waals surface area (Å²) in [4.78, 5) is 2.52. The number of nitrogens with two attached hydrogens (primary N) is 1. The van der Waals surface area contributed by atoms with E-state index < -0.39 is 0 Å². The number of methoxy groups -OCH3 is 1. The molecule has 1 aromatic rings. The predicted molar refractivity (Wildman–Crippen MR) is 82.0 cm³/mol. The van der Waals surface area contributed by atoms with Crippen LogP contribution in [0, 0.1) is 5.92 Å². The first-order chi connectivity index (χ1) is 9.61. The Hall–Kier alpha value is -1.06. The van der Waals surface area contributed by atoms with Crippen molar-refractivity contribution < 1.29 is 4.74 Å². The Morgan fingerprint density at radius 2 is 2.05 bits per heavy atom. The molecule has 1 aromatic carbocycles. The summed E-state index contributed by atoms with van der Waals surface area (Å²) in [5, 5.41) is 0. The number of fused-ring (bicyclic) bond motifs is 1. The van der Waals surface area contributed by atoms with Crippen LogP contribution < -0.4 is 10.5 Å². The van der Waals surface area contributed by atoms with Crippen LogP contribution in [0.15, 0.2) is 18.2 Å². The van der Waals surface area contributed by atoms with Crippen LogP contribution in [-0.4, -0.2) is 31.1 Å². The van der Waals surface area contributed by atoms with E-state index >= 15 is 0 Å². The van der Waals surface area contributed by atoms with Crippen molar-refractivity contribution in [3.05, 3.63) is 29.3 Å². The molecule has 0 amide bonds. The fraction of sp³-hybridized carbons (Fsp3) is 0.647. The highest BCUT2D eigenvalue weighted by Crippen LogP contribution is 2.39. The van der Waals surface area contributed by atoms with Gasteiger partial charge in [0.2, 0.25) is 0 Å². The molecule has 2 aliphatic carbocycles. The lowest BCUT2D eigenvalue weighted by Crippen LogP contribution is -2.47. The number of hydrogen-bond acceptors (Lipinski definition) is 3. The molecule has 1 saturated carbocycles. The molecule has 110 valence electrons. The first-order valence-corrected chi connectivity index (χ1v) is 7.76. The average molecular weight is 274 g/mol. The molecule has 0 heterocycles. The van der Waals surface area contributed by atoms with Crippen molar-refractivity contribution in [1.29, 1.82) is 0 Å². The molecule has 0 aliphatic heterocycles. The first-order valence-electron chi connectivity index (χ1n) is 7.76. The summed E-state index contributed by atoms with van der Waals surface area (Å²) < 4.78 is 5.35. The lowest BCUT2D eigenvalue weighted by molar-refractivity contribution is 0.131. The second kappa shape index (κ2) is 5.38. The SMILES string of the molecule is COc1ccc2c(c1)C(N)C(N(C)C(C)C1CC1)CC2. The minimum atomic E-state index is 0.0973. The number of benzene rings is 1. The lowest BCUT2D eigenvalue weighted by atomic mass is 9.83. The predicted octanol–water partition coefficient (Wildman–Crippen LogP) is 2.74. The number of nitrogens with zero attached hydrogens (tertiary/aromatic N) is 1. The number of likely N-dealkylation sites (N-methyl/N-ethyl adjacent to an activating group) is 1. The van der Waals surface area contributed by atoms with Crippen LogP contribution >= 0.6 is 0 Å².